The predicted molar refractivity (Wildman–Crippen MR) is 59.8 cm³/mol. The van der Waals surface area contributed by atoms with E-state index in [0.717, 1.165) is 18.4 Å². The molecule has 0 aromatic rings. The number of hydrogen-bond acceptors (Lipinski definition) is 2. The summed E-state index contributed by atoms with van der Waals surface area (Å²) in [7, 11) is 4.28. The molecule has 0 spiro atoms. The topological polar surface area (TPSA) is 29.3 Å². The van der Waals surface area contributed by atoms with Crippen molar-refractivity contribution in [3.8, 4) is 0 Å². The van der Waals surface area contributed by atoms with Gasteiger partial charge in [-0.1, -0.05) is 20.3 Å². The zero-order chi connectivity index (χ0) is 10.3. The summed E-state index contributed by atoms with van der Waals surface area (Å²) in [5.74, 6) is 1.62. The number of nitrogens with zero attached hydrogens (tertiary/aromatic N) is 1. The second-order valence-corrected chi connectivity index (χ2v) is 4.68. The van der Waals surface area contributed by atoms with Crippen molar-refractivity contribution in [2.75, 3.05) is 27.2 Å². The number of rotatable bonds is 7. The maximum absolute atomic E-state index is 5.59. The summed E-state index contributed by atoms with van der Waals surface area (Å²) in [5, 5.41) is 0. The van der Waals surface area contributed by atoms with Gasteiger partial charge in [-0.2, -0.15) is 0 Å². The highest BCUT2D eigenvalue weighted by molar-refractivity contribution is 4.64. The van der Waals surface area contributed by atoms with Crippen molar-refractivity contribution in [3.05, 3.63) is 0 Å². The van der Waals surface area contributed by atoms with Crippen LogP contribution in [0.1, 0.15) is 33.1 Å². The molecule has 0 aromatic carbocycles. The first kappa shape index (κ1) is 12.9. The summed E-state index contributed by atoms with van der Waals surface area (Å²) in [6.45, 7) is 6.59. The Hall–Kier alpha value is -0.0800. The molecule has 2 heteroatoms. The number of nitrogens with two attached hydrogens (primary N) is 1. The first-order valence-electron chi connectivity index (χ1n) is 5.41. The van der Waals surface area contributed by atoms with Crippen LogP contribution in [-0.4, -0.2) is 32.1 Å². The molecular formula is C11H26N2. The summed E-state index contributed by atoms with van der Waals surface area (Å²) in [6, 6.07) is 0. The lowest BCUT2D eigenvalue weighted by Gasteiger charge is -2.21. The molecule has 80 valence electrons. The second-order valence-electron chi connectivity index (χ2n) is 4.68. The van der Waals surface area contributed by atoms with Gasteiger partial charge in [-0.05, 0) is 45.3 Å². The molecule has 0 saturated heterocycles. The van der Waals surface area contributed by atoms with Crippen LogP contribution in [0.3, 0.4) is 0 Å². The minimum Gasteiger partial charge on any atom is -0.330 e. The normalized spacial score (nSPS) is 14.1. The van der Waals surface area contributed by atoms with Crippen LogP contribution in [0.2, 0.25) is 0 Å². The third-order valence-corrected chi connectivity index (χ3v) is 2.35. The Balaban J connectivity index is 3.66. The summed E-state index contributed by atoms with van der Waals surface area (Å²) < 4.78 is 0. The van der Waals surface area contributed by atoms with Crippen molar-refractivity contribution >= 4 is 0 Å². The van der Waals surface area contributed by atoms with Gasteiger partial charge in [0.1, 0.15) is 0 Å². The fourth-order valence-electron chi connectivity index (χ4n) is 1.65. The molecule has 0 amide bonds. The Morgan fingerprint density at radius 2 is 1.69 bits per heavy atom. The third-order valence-electron chi connectivity index (χ3n) is 2.35. The average molecular weight is 186 g/mol. The highest BCUT2D eigenvalue weighted by atomic mass is 15.1. The predicted octanol–water partition coefficient (Wildman–Crippen LogP) is 1.95. The van der Waals surface area contributed by atoms with Gasteiger partial charge in [-0.3, -0.25) is 0 Å². The van der Waals surface area contributed by atoms with Gasteiger partial charge in [0.05, 0.1) is 0 Å². The highest BCUT2D eigenvalue weighted by Gasteiger charge is 2.09. The van der Waals surface area contributed by atoms with E-state index < -0.39 is 0 Å². The van der Waals surface area contributed by atoms with Crippen molar-refractivity contribution in [1.82, 2.24) is 4.90 Å². The molecule has 0 heterocycles. The smallest absolute Gasteiger partial charge is 0.000403 e. The molecule has 0 bridgehead atoms. The van der Waals surface area contributed by atoms with Crippen molar-refractivity contribution in [2.45, 2.75) is 33.1 Å². The summed E-state index contributed by atoms with van der Waals surface area (Å²) in [6.07, 6.45) is 3.83. The van der Waals surface area contributed by atoms with E-state index in [9.17, 15) is 0 Å². The number of hydrogen-bond donors (Lipinski definition) is 1. The standard InChI is InChI=1S/C11H26N2/c1-10(2)5-6-11(7-8-12)9-13(3)4/h10-11H,5-9,12H2,1-4H3. The van der Waals surface area contributed by atoms with E-state index in [2.05, 4.69) is 32.8 Å². The van der Waals surface area contributed by atoms with E-state index in [1.165, 1.54) is 25.8 Å². The molecule has 0 aliphatic carbocycles. The minimum atomic E-state index is 0.794. The van der Waals surface area contributed by atoms with E-state index >= 15 is 0 Å². The fourth-order valence-corrected chi connectivity index (χ4v) is 1.65. The van der Waals surface area contributed by atoms with Crippen molar-refractivity contribution in [3.63, 3.8) is 0 Å². The fraction of sp³-hybridized carbons (Fsp3) is 1.00. The van der Waals surface area contributed by atoms with Gasteiger partial charge in [0.2, 0.25) is 0 Å². The van der Waals surface area contributed by atoms with Gasteiger partial charge < -0.3 is 10.6 Å². The highest BCUT2D eigenvalue weighted by Crippen LogP contribution is 2.15. The first-order chi connectivity index (χ1) is 6.06. The average Bonchev–Trinajstić information content (AvgIpc) is 1.99. The van der Waals surface area contributed by atoms with Crippen LogP contribution >= 0.6 is 0 Å². The Labute approximate surface area is 83.5 Å². The summed E-state index contributed by atoms with van der Waals surface area (Å²) in [4.78, 5) is 2.26. The SMILES string of the molecule is CC(C)CCC(CCN)CN(C)C. The first-order valence-corrected chi connectivity index (χ1v) is 5.41. The molecule has 2 nitrogen and oxygen atoms in total. The molecule has 0 radical (unpaired) electrons. The molecule has 1 atom stereocenters. The third kappa shape index (κ3) is 8.26. The Morgan fingerprint density at radius 3 is 2.08 bits per heavy atom. The van der Waals surface area contributed by atoms with E-state index in [-0.39, 0.29) is 0 Å². The monoisotopic (exact) mass is 186 g/mol. The van der Waals surface area contributed by atoms with Gasteiger partial charge in [0.25, 0.3) is 0 Å². The van der Waals surface area contributed by atoms with Crippen LogP contribution < -0.4 is 5.73 Å². The van der Waals surface area contributed by atoms with Gasteiger partial charge in [0.15, 0.2) is 0 Å². The molecule has 0 fully saturated rings. The van der Waals surface area contributed by atoms with Crippen LogP contribution in [0.15, 0.2) is 0 Å². The molecule has 0 aromatic heterocycles. The maximum Gasteiger partial charge on any atom is 0.000403 e. The second kappa shape index (κ2) is 7.34. The van der Waals surface area contributed by atoms with Crippen LogP contribution in [-0.2, 0) is 0 Å². The lowest BCUT2D eigenvalue weighted by Crippen LogP contribution is -2.24. The molecule has 2 N–H and O–H groups in total. The molecule has 0 rings (SSSR count). The van der Waals surface area contributed by atoms with E-state index in [1.807, 2.05) is 0 Å². The lowest BCUT2D eigenvalue weighted by atomic mass is 9.95. The molecule has 13 heavy (non-hydrogen) atoms. The lowest BCUT2D eigenvalue weighted by molar-refractivity contribution is 0.288. The minimum absolute atomic E-state index is 0.794. The van der Waals surface area contributed by atoms with Gasteiger partial charge in [0, 0.05) is 6.54 Å². The quantitative estimate of drug-likeness (QED) is 0.658. The summed E-state index contributed by atoms with van der Waals surface area (Å²) in [5.41, 5.74) is 5.59. The molecule has 0 aliphatic rings. The van der Waals surface area contributed by atoms with Crippen LogP contribution in [0.5, 0.6) is 0 Å². The van der Waals surface area contributed by atoms with Crippen LogP contribution in [0.25, 0.3) is 0 Å². The van der Waals surface area contributed by atoms with Crippen LogP contribution in [0.4, 0.5) is 0 Å². The van der Waals surface area contributed by atoms with Gasteiger partial charge in [-0.25, -0.2) is 0 Å². The Kier molecular flexibility index (Phi) is 7.29. The maximum atomic E-state index is 5.59. The molecule has 1 unspecified atom stereocenters. The van der Waals surface area contributed by atoms with Crippen molar-refractivity contribution in [1.29, 1.82) is 0 Å². The zero-order valence-corrected chi connectivity index (χ0v) is 9.71. The van der Waals surface area contributed by atoms with E-state index in [0.29, 0.717) is 0 Å². The Morgan fingerprint density at radius 1 is 1.08 bits per heavy atom. The van der Waals surface area contributed by atoms with Crippen LogP contribution in [0, 0.1) is 11.8 Å². The van der Waals surface area contributed by atoms with Crippen molar-refractivity contribution in [2.24, 2.45) is 17.6 Å². The van der Waals surface area contributed by atoms with E-state index in [1.54, 1.807) is 0 Å². The van der Waals surface area contributed by atoms with Crippen molar-refractivity contribution < 1.29 is 0 Å². The zero-order valence-electron chi connectivity index (χ0n) is 9.71. The molecule has 0 aliphatic heterocycles. The molecule has 0 saturated carbocycles. The summed E-state index contributed by atoms with van der Waals surface area (Å²) >= 11 is 0. The van der Waals surface area contributed by atoms with Gasteiger partial charge >= 0.3 is 0 Å². The molecular weight excluding hydrogens is 160 g/mol. The van der Waals surface area contributed by atoms with Gasteiger partial charge in [-0.15, -0.1) is 0 Å². The Bertz CT molecular complexity index is 111. The largest absolute Gasteiger partial charge is 0.330 e. The van der Waals surface area contributed by atoms with E-state index in [4.69, 9.17) is 5.73 Å².